The molecule has 1 aliphatic carbocycles. The summed E-state index contributed by atoms with van der Waals surface area (Å²) in [7, 11) is 0. The van der Waals surface area contributed by atoms with Crippen molar-refractivity contribution in [2.45, 2.75) is 31.7 Å². The molecule has 0 bridgehead atoms. The summed E-state index contributed by atoms with van der Waals surface area (Å²) in [6, 6.07) is 3.95. The number of alkyl halides is 3. The van der Waals surface area contributed by atoms with Crippen LogP contribution in [0.15, 0.2) is 18.2 Å². The average molecular weight is 256 g/mol. The summed E-state index contributed by atoms with van der Waals surface area (Å²) in [5, 5.41) is 0. The Hall–Kier alpha value is -1.83. The van der Waals surface area contributed by atoms with Gasteiger partial charge in [0.2, 0.25) is 0 Å². The number of ether oxygens (including phenoxy) is 2. The molecule has 1 aliphatic rings. The zero-order chi connectivity index (χ0) is 13.2. The molecular formula is C13H11F3O2. The van der Waals surface area contributed by atoms with E-state index < -0.39 is 6.36 Å². The lowest BCUT2D eigenvalue weighted by atomic mass is 9.96. The highest BCUT2D eigenvalue weighted by molar-refractivity contribution is 5.48. The van der Waals surface area contributed by atoms with Gasteiger partial charge in [0, 0.05) is 5.56 Å². The molecule has 0 atom stereocenters. The molecule has 0 spiro atoms. The van der Waals surface area contributed by atoms with Crippen molar-refractivity contribution in [1.82, 2.24) is 0 Å². The summed E-state index contributed by atoms with van der Waals surface area (Å²) in [6.07, 6.45) is 3.12. The maximum absolute atomic E-state index is 12.2. The molecule has 1 aromatic carbocycles. The summed E-state index contributed by atoms with van der Waals surface area (Å²) in [5.41, 5.74) is 0.457. The van der Waals surface area contributed by atoms with Gasteiger partial charge in [-0.15, -0.1) is 19.6 Å². The van der Waals surface area contributed by atoms with E-state index in [0.29, 0.717) is 5.56 Å². The summed E-state index contributed by atoms with van der Waals surface area (Å²) in [6.45, 7) is 0. The molecule has 2 rings (SSSR count). The Morgan fingerprint density at radius 1 is 1.22 bits per heavy atom. The van der Waals surface area contributed by atoms with Crippen molar-refractivity contribution in [3.63, 3.8) is 0 Å². The summed E-state index contributed by atoms with van der Waals surface area (Å²) < 4.78 is 46.0. The quantitative estimate of drug-likeness (QED) is 0.770. The monoisotopic (exact) mass is 256 g/mol. The average Bonchev–Trinajstić information content (AvgIpc) is 2.23. The zero-order valence-corrected chi connectivity index (χ0v) is 9.46. The summed E-state index contributed by atoms with van der Waals surface area (Å²) >= 11 is 0. The largest absolute Gasteiger partial charge is 0.573 e. The molecule has 1 aromatic rings. The third kappa shape index (κ3) is 3.10. The maximum Gasteiger partial charge on any atom is 0.573 e. The van der Waals surface area contributed by atoms with Gasteiger partial charge in [-0.2, -0.15) is 0 Å². The van der Waals surface area contributed by atoms with Gasteiger partial charge in [-0.25, -0.2) is 0 Å². The van der Waals surface area contributed by atoms with Gasteiger partial charge in [0.1, 0.15) is 0 Å². The van der Waals surface area contributed by atoms with Crippen LogP contribution in [0.3, 0.4) is 0 Å². The SMILES string of the molecule is C#Cc1ccc(OC(F)(F)F)c(OC2CCC2)c1. The van der Waals surface area contributed by atoms with Gasteiger partial charge < -0.3 is 9.47 Å². The summed E-state index contributed by atoms with van der Waals surface area (Å²) in [4.78, 5) is 0. The van der Waals surface area contributed by atoms with Crippen molar-refractivity contribution >= 4 is 0 Å². The first-order valence-electron chi connectivity index (χ1n) is 5.51. The van der Waals surface area contributed by atoms with Crippen LogP contribution < -0.4 is 9.47 Å². The molecule has 0 N–H and O–H groups in total. The molecule has 96 valence electrons. The fourth-order valence-corrected chi connectivity index (χ4v) is 1.57. The standard InChI is InChI=1S/C13H11F3O2/c1-2-9-6-7-11(18-13(14,15)16)12(8-9)17-10-4-3-5-10/h1,6-8,10H,3-5H2. The van der Waals surface area contributed by atoms with E-state index in [1.54, 1.807) is 0 Å². The normalized spacial score (nSPS) is 15.7. The van der Waals surface area contributed by atoms with Gasteiger partial charge in [0.25, 0.3) is 0 Å². The van der Waals surface area contributed by atoms with E-state index in [4.69, 9.17) is 11.2 Å². The molecule has 5 heteroatoms. The van der Waals surface area contributed by atoms with Crippen molar-refractivity contribution in [2.75, 3.05) is 0 Å². The van der Waals surface area contributed by atoms with E-state index >= 15 is 0 Å². The Labute approximate surface area is 103 Å². The minimum atomic E-state index is -4.74. The smallest absolute Gasteiger partial charge is 0.486 e. The Bertz CT molecular complexity index is 470. The first kappa shape index (κ1) is 12.6. The van der Waals surface area contributed by atoms with Crippen LogP contribution in [-0.2, 0) is 0 Å². The van der Waals surface area contributed by atoms with Crippen LogP contribution in [0.1, 0.15) is 24.8 Å². The molecule has 0 unspecified atom stereocenters. The second-order valence-electron chi connectivity index (χ2n) is 4.02. The van der Waals surface area contributed by atoms with Crippen molar-refractivity contribution in [2.24, 2.45) is 0 Å². The number of rotatable bonds is 3. The Balaban J connectivity index is 2.23. The van der Waals surface area contributed by atoms with E-state index in [1.807, 2.05) is 0 Å². The molecule has 18 heavy (non-hydrogen) atoms. The summed E-state index contributed by atoms with van der Waals surface area (Å²) in [5.74, 6) is 2.05. The Morgan fingerprint density at radius 3 is 2.44 bits per heavy atom. The predicted octanol–water partition coefficient (Wildman–Crippen LogP) is 3.50. The highest BCUT2D eigenvalue weighted by Crippen LogP contribution is 2.36. The van der Waals surface area contributed by atoms with E-state index in [9.17, 15) is 13.2 Å². The van der Waals surface area contributed by atoms with Crippen LogP contribution >= 0.6 is 0 Å². The molecule has 0 aliphatic heterocycles. The van der Waals surface area contributed by atoms with Crippen molar-refractivity contribution in [3.8, 4) is 23.8 Å². The molecule has 2 nitrogen and oxygen atoms in total. The minimum absolute atomic E-state index is 0.0476. The van der Waals surface area contributed by atoms with Crippen molar-refractivity contribution < 1.29 is 22.6 Å². The molecule has 0 heterocycles. The number of halogens is 3. The van der Waals surface area contributed by atoms with Crippen LogP contribution in [0.5, 0.6) is 11.5 Å². The van der Waals surface area contributed by atoms with Crippen molar-refractivity contribution in [3.05, 3.63) is 23.8 Å². The van der Waals surface area contributed by atoms with Gasteiger partial charge in [0.05, 0.1) is 6.10 Å². The fourth-order valence-electron chi connectivity index (χ4n) is 1.57. The first-order chi connectivity index (χ1) is 8.48. The van der Waals surface area contributed by atoms with E-state index in [1.165, 1.54) is 18.2 Å². The Kier molecular flexibility index (Phi) is 3.37. The molecule has 0 amide bonds. The minimum Gasteiger partial charge on any atom is -0.486 e. The zero-order valence-electron chi connectivity index (χ0n) is 9.46. The lowest BCUT2D eigenvalue weighted by Gasteiger charge is -2.27. The maximum atomic E-state index is 12.2. The topological polar surface area (TPSA) is 18.5 Å². The first-order valence-corrected chi connectivity index (χ1v) is 5.51. The van der Waals surface area contributed by atoms with Gasteiger partial charge in [-0.3, -0.25) is 0 Å². The van der Waals surface area contributed by atoms with E-state index in [2.05, 4.69) is 10.7 Å². The second-order valence-corrected chi connectivity index (χ2v) is 4.02. The van der Waals surface area contributed by atoms with Gasteiger partial charge in [0.15, 0.2) is 11.5 Å². The lowest BCUT2D eigenvalue weighted by Crippen LogP contribution is -2.25. The second kappa shape index (κ2) is 4.81. The fraction of sp³-hybridized carbons (Fsp3) is 0.385. The molecule has 1 fully saturated rings. The van der Waals surface area contributed by atoms with Crippen LogP contribution in [-0.4, -0.2) is 12.5 Å². The van der Waals surface area contributed by atoms with Gasteiger partial charge >= 0.3 is 6.36 Å². The molecular weight excluding hydrogens is 245 g/mol. The van der Waals surface area contributed by atoms with Crippen molar-refractivity contribution in [1.29, 1.82) is 0 Å². The number of hydrogen-bond acceptors (Lipinski definition) is 2. The molecule has 0 saturated heterocycles. The van der Waals surface area contributed by atoms with E-state index in [0.717, 1.165) is 19.3 Å². The third-order valence-corrected chi connectivity index (χ3v) is 2.68. The predicted molar refractivity (Wildman–Crippen MR) is 59.3 cm³/mol. The van der Waals surface area contributed by atoms with Crippen LogP contribution in [0.4, 0.5) is 13.2 Å². The third-order valence-electron chi connectivity index (χ3n) is 2.68. The lowest BCUT2D eigenvalue weighted by molar-refractivity contribution is -0.275. The molecule has 0 radical (unpaired) electrons. The number of terminal acetylenes is 1. The molecule has 0 aromatic heterocycles. The van der Waals surface area contributed by atoms with Crippen LogP contribution in [0.25, 0.3) is 0 Å². The van der Waals surface area contributed by atoms with E-state index in [-0.39, 0.29) is 17.6 Å². The van der Waals surface area contributed by atoms with Crippen LogP contribution in [0.2, 0.25) is 0 Å². The highest BCUT2D eigenvalue weighted by atomic mass is 19.4. The number of benzene rings is 1. The van der Waals surface area contributed by atoms with Gasteiger partial charge in [-0.05, 0) is 37.5 Å². The van der Waals surface area contributed by atoms with Gasteiger partial charge in [-0.1, -0.05) is 5.92 Å². The number of hydrogen-bond donors (Lipinski definition) is 0. The molecule has 1 saturated carbocycles. The highest BCUT2D eigenvalue weighted by Gasteiger charge is 2.33. The Morgan fingerprint density at radius 2 is 1.94 bits per heavy atom. The van der Waals surface area contributed by atoms with Crippen LogP contribution in [0, 0.1) is 12.3 Å².